The maximum atomic E-state index is 15.0. The standard InChI is InChI=1S/C37H41F3N4O6S.C37H41F3N4O4S.C26H22F3N3O2S.C11H20BrNO2/c1-24-18-32(28-19-31(40)34(45)44(22-28)21-25-12-15-43(16-13-25)36(46)50-37(2,3)4)42-35(41-24)51(47,48)17-14-33(26-8-6-5-7-9-26)49-23-27-10-11-29(38)20-30(27)39;1-24-18-32(28-19-31(40)34(45)44(22-28)21-25-12-15-43(16-13-25)36(46)48-37(2,3)4)42-35(41-24)49-17-14-33(26-8-6-5-7-9-26)47-23-27-10-11-29(38)20-30(27)39;1-16-11-23(19-12-22(29)25(33)30-14-19)32-26(31-16)35-10-9-24(17-5-3-2-4-6-17)34-15-18-7-8-20(27)13-21(18)28;1-11(2,3)15-10(14)13-6-4-9(8-12)5-7-13/h5-11,18-20,22,25,33H,12-17,21,23H2,1-4H3;5-11,18-20,22,25,33H,12-17,21,23H2,1-4H3;2-8,11-14,24H,9-10,15H2,1H3,(H,30,33);9H,4-8H2,1-3H3. The predicted octanol–water partition coefficient (Wildman–Crippen LogP) is 23.9. The Hall–Kier alpha value is -12.4. The average molecular weight is 2200 g/mol. The molecule has 150 heavy (non-hydrogen) atoms. The number of sulfone groups is 1. The Bertz CT molecular complexity index is 6890. The first-order valence-electron chi connectivity index (χ1n) is 49.3. The number of rotatable bonds is 32. The van der Waals surface area contributed by atoms with Gasteiger partial charge in [-0.1, -0.05) is 149 Å². The fourth-order valence-electron chi connectivity index (χ4n) is 16.5. The molecule has 0 bridgehead atoms. The Labute approximate surface area is 883 Å². The van der Waals surface area contributed by atoms with E-state index in [1.54, 1.807) is 86.2 Å². The average Bonchev–Trinajstić information content (AvgIpc) is 0.830. The molecular weight excluding hydrogens is 2070 g/mol. The fraction of sp³-hybridized carbons (Fsp3) is 0.405. The summed E-state index contributed by atoms with van der Waals surface area (Å²) in [6, 6.07) is 46.3. The smallest absolute Gasteiger partial charge is 0.410 e. The lowest BCUT2D eigenvalue weighted by molar-refractivity contribution is 0.0167. The van der Waals surface area contributed by atoms with Crippen LogP contribution in [0.2, 0.25) is 0 Å². The van der Waals surface area contributed by atoms with Gasteiger partial charge in [0.25, 0.3) is 16.7 Å². The number of halogens is 10. The quantitative estimate of drug-likeness (QED) is 0.0135. The van der Waals surface area contributed by atoms with Crippen LogP contribution in [-0.4, -0.2) is 164 Å². The number of aromatic amines is 1. The van der Waals surface area contributed by atoms with Gasteiger partial charge in [-0.15, -0.1) is 0 Å². The third-order valence-corrected chi connectivity index (χ3v) is 28.5. The number of amides is 3. The first-order valence-corrected chi connectivity index (χ1v) is 54.0. The van der Waals surface area contributed by atoms with E-state index in [2.05, 4.69) is 50.8 Å². The van der Waals surface area contributed by atoms with Crippen molar-refractivity contribution in [2.45, 2.75) is 224 Å². The molecule has 12 aromatic rings. The van der Waals surface area contributed by atoms with Gasteiger partial charge in [0.2, 0.25) is 15.0 Å². The largest absolute Gasteiger partial charge is 0.444 e. The summed E-state index contributed by atoms with van der Waals surface area (Å²) in [5, 5.41) is 1.55. The van der Waals surface area contributed by atoms with Gasteiger partial charge in [-0.05, 0) is 230 Å². The zero-order chi connectivity index (χ0) is 108. The van der Waals surface area contributed by atoms with Crippen molar-refractivity contribution >= 4 is 67.6 Å². The summed E-state index contributed by atoms with van der Waals surface area (Å²) in [6.45, 7) is 25.6. The van der Waals surface area contributed by atoms with Crippen molar-refractivity contribution in [1.82, 2.24) is 58.7 Å². The predicted molar refractivity (Wildman–Crippen MR) is 559 cm³/mol. The van der Waals surface area contributed by atoms with Gasteiger partial charge in [0, 0.05) is 156 Å². The van der Waals surface area contributed by atoms with E-state index in [1.807, 2.05) is 121 Å². The van der Waals surface area contributed by atoms with Gasteiger partial charge in [-0.25, -0.2) is 92.2 Å². The Morgan fingerprint density at radius 3 is 1.07 bits per heavy atom. The summed E-state index contributed by atoms with van der Waals surface area (Å²) in [6.07, 6.45) is 7.86. The van der Waals surface area contributed by atoms with Gasteiger partial charge in [-0.3, -0.25) is 14.4 Å². The molecule has 0 radical (unpaired) electrons. The molecule has 800 valence electrons. The Kier molecular flexibility index (Phi) is 41.9. The first kappa shape index (κ1) is 116. The normalized spacial score (nSPS) is 14.5. The van der Waals surface area contributed by atoms with Crippen molar-refractivity contribution < 1.29 is 90.7 Å². The van der Waals surface area contributed by atoms with Crippen LogP contribution in [0, 0.1) is 90.9 Å². The highest BCUT2D eigenvalue weighted by Gasteiger charge is 2.34. The van der Waals surface area contributed by atoms with Gasteiger partial charge >= 0.3 is 18.3 Å². The fourth-order valence-corrected chi connectivity index (χ4v) is 20.1. The molecule has 6 aromatic carbocycles. The molecule has 0 spiro atoms. The number of ether oxygens (including phenoxy) is 6. The second-order valence-electron chi connectivity index (χ2n) is 39.8. The third kappa shape index (κ3) is 35.9. The van der Waals surface area contributed by atoms with Crippen molar-refractivity contribution in [3.8, 4) is 33.8 Å². The number of carbonyl (C=O) groups is 3. The van der Waals surface area contributed by atoms with E-state index in [0.29, 0.717) is 144 Å². The van der Waals surface area contributed by atoms with E-state index >= 15 is 4.39 Å². The number of pyridine rings is 3. The number of alkyl halides is 1. The number of aryl methyl sites for hydroxylation is 3. The SMILES string of the molecule is CC(C)(C)OC(=O)N1CCC(CBr)CC1.Cc1cc(-c2c[nH]c(=O)c(F)c2)nc(SCCC(OCc2ccc(F)cc2F)c2ccccc2)n1.Cc1cc(-c2cc(F)c(=O)n(CC3CCN(C(=O)OC(C)(C)C)CC3)c2)nc(S(=O)(=O)CCC(OCc2ccc(F)cc2F)c2ccccc2)n1.Cc1cc(-c2cc(F)c(=O)n(CC3CCN(C(=O)OC(C)(C)C)CC3)c2)nc(SCCC(OCc2ccc(F)cc2F)c2ccccc2)n1. The summed E-state index contributed by atoms with van der Waals surface area (Å²) in [7, 11) is -4.12. The summed E-state index contributed by atoms with van der Waals surface area (Å²) in [5.74, 6) is -5.35. The minimum absolute atomic E-state index is 0.000786. The van der Waals surface area contributed by atoms with Gasteiger partial charge in [0.15, 0.2) is 27.8 Å². The molecule has 3 atom stereocenters. The molecule has 15 rings (SSSR count). The molecule has 3 amide bonds. The van der Waals surface area contributed by atoms with Crippen LogP contribution in [0.25, 0.3) is 33.8 Å². The Morgan fingerprint density at radius 2 is 0.733 bits per heavy atom. The molecule has 39 heteroatoms. The van der Waals surface area contributed by atoms with Crippen molar-refractivity contribution in [3.63, 3.8) is 0 Å². The highest BCUT2D eigenvalue weighted by atomic mass is 79.9. The zero-order valence-corrected chi connectivity index (χ0v) is 89.7. The summed E-state index contributed by atoms with van der Waals surface area (Å²) in [4.78, 5) is 108. The lowest BCUT2D eigenvalue weighted by Crippen LogP contribution is -2.42. The number of hydrogen-bond acceptors (Lipinski definition) is 22. The molecule has 1 N–H and O–H groups in total. The molecule has 0 saturated carbocycles. The molecule has 3 aliphatic heterocycles. The number of benzene rings is 6. The molecule has 3 saturated heterocycles. The van der Waals surface area contributed by atoms with Crippen molar-refractivity contribution in [3.05, 3.63) is 334 Å². The van der Waals surface area contributed by atoms with Gasteiger partial charge in [0.1, 0.15) is 51.7 Å². The number of hydrogen-bond donors (Lipinski definition) is 1. The van der Waals surface area contributed by atoms with Crippen molar-refractivity contribution in [2.75, 3.05) is 61.9 Å². The van der Waals surface area contributed by atoms with E-state index < -0.39 is 113 Å². The molecule has 3 unspecified atom stereocenters. The highest BCUT2D eigenvalue weighted by molar-refractivity contribution is 9.09. The van der Waals surface area contributed by atoms with Gasteiger partial charge < -0.3 is 57.2 Å². The van der Waals surface area contributed by atoms with Crippen LogP contribution in [0.15, 0.2) is 230 Å². The van der Waals surface area contributed by atoms with Crippen molar-refractivity contribution in [2.24, 2.45) is 17.8 Å². The molecule has 3 fully saturated rings. The Morgan fingerprint density at radius 1 is 0.407 bits per heavy atom. The monoisotopic (exact) mass is 2190 g/mol. The second-order valence-corrected chi connectivity index (χ2v) is 44.5. The van der Waals surface area contributed by atoms with E-state index in [-0.39, 0.29) is 103 Å². The van der Waals surface area contributed by atoms with E-state index in [1.165, 1.54) is 87.5 Å². The number of nitrogens with zero attached hydrogens (tertiary/aromatic N) is 11. The molecule has 9 heterocycles. The van der Waals surface area contributed by atoms with Crippen LogP contribution < -0.4 is 16.7 Å². The van der Waals surface area contributed by atoms with Crippen LogP contribution in [-0.2, 0) is 71.2 Å². The van der Waals surface area contributed by atoms with Crippen LogP contribution in [0.1, 0.15) is 189 Å². The second kappa shape index (κ2) is 54.0. The summed E-state index contributed by atoms with van der Waals surface area (Å²) in [5.41, 5.74) is 3.19. The topological polar surface area (TPSA) is 305 Å². The Balaban J connectivity index is 0.000000188. The van der Waals surface area contributed by atoms with E-state index in [4.69, 9.17) is 28.4 Å². The van der Waals surface area contributed by atoms with Crippen LogP contribution in [0.5, 0.6) is 0 Å². The van der Waals surface area contributed by atoms with Crippen LogP contribution in [0.4, 0.5) is 53.9 Å². The molecular formula is C111H124BrF9N12O14S3. The highest BCUT2D eigenvalue weighted by Crippen LogP contribution is 2.36. The number of carbonyl (C=O) groups excluding carboxylic acids is 3. The molecule has 6 aromatic heterocycles. The molecule has 0 aliphatic carbocycles. The van der Waals surface area contributed by atoms with Crippen LogP contribution >= 0.6 is 39.5 Å². The number of H-pyrrole nitrogens is 1. The lowest BCUT2D eigenvalue weighted by atomic mass is 9.97. The van der Waals surface area contributed by atoms with Crippen LogP contribution in [0.3, 0.4) is 0 Å². The minimum atomic E-state index is -4.12. The maximum Gasteiger partial charge on any atom is 0.410 e. The third-order valence-electron chi connectivity index (χ3n) is 24.3. The lowest BCUT2D eigenvalue weighted by Gasteiger charge is -2.33. The number of thioether (sulfide) groups is 2. The number of aromatic nitrogens is 9. The minimum Gasteiger partial charge on any atom is -0.444 e. The first-order chi connectivity index (χ1) is 71.2. The van der Waals surface area contributed by atoms with Gasteiger partial charge in [0.05, 0.1) is 61.0 Å². The van der Waals surface area contributed by atoms with Gasteiger partial charge in [-0.2, -0.15) is 0 Å². The van der Waals surface area contributed by atoms with E-state index in [9.17, 15) is 72.3 Å². The summed E-state index contributed by atoms with van der Waals surface area (Å²) < 4.78 is 191. The van der Waals surface area contributed by atoms with Crippen molar-refractivity contribution in [1.29, 1.82) is 0 Å². The van der Waals surface area contributed by atoms with E-state index in [0.717, 1.165) is 78.8 Å². The maximum absolute atomic E-state index is 15.0. The number of piperidine rings is 3. The number of likely N-dealkylation sites (tertiary alicyclic amines) is 3. The molecule has 3 aliphatic rings. The zero-order valence-electron chi connectivity index (χ0n) is 85.6. The summed E-state index contributed by atoms with van der Waals surface area (Å²) >= 11 is 6.30. The molecule has 26 nitrogen and oxygen atoms in total. The number of nitrogens with one attached hydrogen (secondary N) is 1.